The Bertz CT molecular complexity index is 1020. The molecule has 30 heavy (non-hydrogen) atoms. The zero-order valence-electron chi connectivity index (χ0n) is 16.9. The number of benzene rings is 2. The molecule has 6 nitrogen and oxygen atoms in total. The van der Waals surface area contributed by atoms with Gasteiger partial charge in [0.05, 0.1) is 22.9 Å². The summed E-state index contributed by atoms with van der Waals surface area (Å²) < 4.78 is 11.7. The van der Waals surface area contributed by atoms with E-state index in [0.29, 0.717) is 6.61 Å². The lowest BCUT2D eigenvalue weighted by Crippen LogP contribution is -2.45. The van der Waals surface area contributed by atoms with Gasteiger partial charge in [-0.3, -0.25) is 9.78 Å². The van der Waals surface area contributed by atoms with Crippen molar-refractivity contribution in [2.45, 2.75) is 37.9 Å². The zero-order valence-corrected chi connectivity index (χ0v) is 16.9. The number of carbonyl (C=O) groups excluding carboxylic acids is 1. The summed E-state index contributed by atoms with van der Waals surface area (Å²) in [6, 6.07) is 15.9. The van der Waals surface area contributed by atoms with Crippen LogP contribution in [0.25, 0.3) is 22.3 Å². The number of ether oxygens (including phenoxy) is 2. The molecule has 2 saturated heterocycles. The number of hydrogen-bond acceptors (Lipinski definition) is 5. The van der Waals surface area contributed by atoms with Crippen molar-refractivity contribution < 1.29 is 14.3 Å². The number of aromatic nitrogens is 2. The summed E-state index contributed by atoms with van der Waals surface area (Å²) >= 11 is 0. The minimum Gasteiger partial charge on any atom is -0.490 e. The monoisotopic (exact) mass is 403 g/mol. The van der Waals surface area contributed by atoms with E-state index in [1.807, 2.05) is 53.4 Å². The lowest BCUT2D eigenvalue weighted by Gasteiger charge is -2.33. The van der Waals surface area contributed by atoms with Crippen LogP contribution >= 0.6 is 0 Å². The van der Waals surface area contributed by atoms with Gasteiger partial charge in [-0.25, -0.2) is 4.98 Å². The van der Waals surface area contributed by atoms with Crippen LogP contribution in [-0.4, -0.2) is 52.7 Å². The molecule has 1 atom stereocenters. The summed E-state index contributed by atoms with van der Waals surface area (Å²) in [6.45, 7) is 2.17. The summed E-state index contributed by atoms with van der Waals surface area (Å²) in [5.41, 5.74) is 3.64. The van der Waals surface area contributed by atoms with Crippen LogP contribution in [0.2, 0.25) is 0 Å². The third-order valence-electron chi connectivity index (χ3n) is 5.86. The maximum Gasteiger partial charge on any atom is 0.251 e. The summed E-state index contributed by atoms with van der Waals surface area (Å²) in [7, 11) is 0. The highest BCUT2D eigenvalue weighted by Crippen LogP contribution is 2.25. The summed E-state index contributed by atoms with van der Waals surface area (Å²) in [5.74, 6) is 0.989. The third kappa shape index (κ3) is 4.00. The van der Waals surface area contributed by atoms with E-state index >= 15 is 0 Å². The Morgan fingerprint density at radius 3 is 2.50 bits per heavy atom. The number of para-hydroxylation sites is 2. The number of fused-ring (bicyclic) bond motifs is 1. The second-order valence-corrected chi connectivity index (χ2v) is 7.91. The highest BCUT2D eigenvalue weighted by Gasteiger charge is 2.31. The summed E-state index contributed by atoms with van der Waals surface area (Å²) in [6.07, 6.45) is 5.23. The van der Waals surface area contributed by atoms with Crippen molar-refractivity contribution in [2.75, 3.05) is 19.7 Å². The average molecular weight is 403 g/mol. The maximum absolute atomic E-state index is 12.5. The van der Waals surface area contributed by atoms with Crippen LogP contribution in [0.1, 0.15) is 25.7 Å². The molecule has 1 aromatic heterocycles. The molecule has 3 heterocycles. The molecule has 154 valence electrons. The van der Waals surface area contributed by atoms with Crippen LogP contribution in [0.4, 0.5) is 0 Å². The predicted molar refractivity (Wildman–Crippen MR) is 114 cm³/mol. The summed E-state index contributed by atoms with van der Waals surface area (Å²) in [4.78, 5) is 23.6. The van der Waals surface area contributed by atoms with E-state index in [1.54, 1.807) is 6.20 Å². The van der Waals surface area contributed by atoms with E-state index in [2.05, 4.69) is 4.98 Å². The first kappa shape index (κ1) is 19.0. The smallest absolute Gasteiger partial charge is 0.251 e. The molecule has 2 fully saturated rings. The molecule has 0 unspecified atom stereocenters. The molecule has 5 rings (SSSR count). The minimum absolute atomic E-state index is 0.129. The van der Waals surface area contributed by atoms with E-state index < -0.39 is 0 Å². The minimum atomic E-state index is -0.229. The van der Waals surface area contributed by atoms with Gasteiger partial charge >= 0.3 is 0 Å². The van der Waals surface area contributed by atoms with Crippen molar-refractivity contribution in [1.82, 2.24) is 14.9 Å². The van der Waals surface area contributed by atoms with Crippen LogP contribution in [0.5, 0.6) is 5.75 Å². The fraction of sp³-hybridized carbons (Fsp3) is 0.375. The maximum atomic E-state index is 12.5. The van der Waals surface area contributed by atoms with Gasteiger partial charge in [-0.05, 0) is 49.2 Å². The van der Waals surface area contributed by atoms with Crippen molar-refractivity contribution in [3.05, 3.63) is 54.7 Å². The van der Waals surface area contributed by atoms with Gasteiger partial charge < -0.3 is 14.4 Å². The Kier molecular flexibility index (Phi) is 5.32. The van der Waals surface area contributed by atoms with Crippen LogP contribution in [-0.2, 0) is 9.53 Å². The first-order chi connectivity index (χ1) is 14.8. The Hall–Kier alpha value is -2.99. The lowest BCUT2D eigenvalue weighted by atomic mass is 10.1. The van der Waals surface area contributed by atoms with Gasteiger partial charge in [-0.1, -0.05) is 12.1 Å². The van der Waals surface area contributed by atoms with Crippen molar-refractivity contribution in [3.8, 4) is 17.0 Å². The van der Waals surface area contributed by atoms with E-state index in [-0.39, 0.29) is 18.1 Å². The second kappa shape index (κ2) is 8.40. The molecule has 6 heteroatoms. The number of carbonyl (C=O) groups is 1. The van der Waals surface area contributed by atoms with Crippen LogP contribution in [0, 0.1) is 0 Å². The summed E-state index contributed by atoms with van der Waals surface area (Å²) in [5, 5.41) is 0. The molecule has 0 spiro atoms. The Morgan fingerprint density at radius 2 is 1.77 bits per heavy atom. The Balaban J connectivity index is 1.19. The first-order valence-electron chi connectivity index (χ1n) is 10.7. The Labute approximate surface area is 175 Å². The second-order valence-electron chi connectivity index (χ2n) is 7.91. The molecular formula is C24H25N3O3. The van der Waals surface area contributed by atoms with Crippen molar-refractivity contribution >= 4 is 16.9 Å². The standard InChI is InChI=1S/C24H25N3O3/c28-24(23-6-3-15-29-23)27-13-11-19(12-14-27)30-18-9-7-17(8-10-18)22-16-25-20-4-1-2-5-21(20)26-22/h1-2,4-5,7-10,16,19,23H,3,6,11-15H2/t23-/m1/s1. The van der Waals surface area contributed by atoms with Crippen LogP contribution in [0.15, 0.2) is 54.7 Å². The molecular weight excluding hydrogens is 378 g/mol. The van der Waals surface area contributed by atoms with E-state index in [0.717, 1.165) is 66.8 Å². The molecule has 3 aromatic rings. The van der Waals surface area contributed by atoms with Gasteiger partial charge in [-0.15, -0.1) is 0 Å². The molecule has 0 radical (unpaired) electrons. The lowest BCUT2D eigenvalue weighted by molar-refractivity contribution is -0.142. The fourth-order valence-electron chi connectivity index (χ4n) is 4.16. The third-order valence-corrected chi connectivity index (χ3v) is 5.86. The molecule has 0 N–H and O–H groups in total. The van der Waals surface area contributed by atoms with Crippen LogP contribution in [0.3, 0.4) is 0 Å². The van der Waals surface area contributed by atoms with Crippen LogP contribution < -0.4 is 4.74 Å². The highest BCUT2D eigenvalue weighted by molar-refractivity contribution is 5.81. The Morgan fingerprint density at radius 1 is 1.00 bits per heavy atom. The van der Waals surface area contributed by atoms with Crippen molar-refractivity contribution in [3.63, 3.8) is 0 Å². The number of nitrogens with zero attached hydrogens (tertiary/aromatic N) is 3. The van der Waals surface area contributed by atoms with Gasteiger partial charge in [0.2, 0.25) is 0 Å². The normalized spacial score (nSPS) is 19.9. The predicted octanol–water partition coefficient (Wildman–Crippen LogP) is 3.85. The molecule has 0 bridgehead atoms. The molecule has 2 aliphatic rings. The number of piperidine rings is 1. The van der Waals surface area contributed by atoms with E-state index in [1.165, 1.54) is 0 Å². The SMILES string of the molecule is O=C([C@H]1CCCO1)N1CCC(Oc2ccc(-c3cnc4ccccc4n3)cc2)CC1. The fourth-order valence-corrected chi connectivity index (χ4v) is 4.16. The van der Waals surface area contributed by atoms with Gasteiger partial charge in [0.15, 0.2) is 0 Å². The molecule has 2 aliphatic heterocycles. The quantitative estimate of drug-likeness (QED) is 0.662. The molecule has 0 saturated carbocycles. The molecule has 2 aromatic carbocycles. The molecule has 1 amide bonds. The first-order valence-corrected chi connectivity index (χ1v) is 10.7. The van der Waals surface area contributed by atoms with Gasteiger partial charge in [-0.2, -0.15) is 0 Å². The van der Waals surface area contributed by atoms with Crippen molar-refractivity contribution in [2.24, 2.45) is 0 Å². The average Bonchev–Trinajstić information content (AvgIpc) is 3.34. The van der Waals surface area contributed by atoms with E-state index in [9.17, 15) is 4.79 Å². The highest BCUT2D eigenvalue weighted by atomic mass is 16.5. The van der Waals surface area contributed by atoms with Gasteiger partial charge in [0.1, 0.15) is 18.0 Å². The number of amides is 1. The van der Waals surface area contributed by atoms with Gasteiger partial charge in [0, 0.05) is 38.1 Å². The van der Waals surface area contributed by atoms with E-state index in [4.69, 9.17) is 14.5 Å². The largest absolute Gasteiger partial charge is 0.490 e. The number of rotatable bonds is 4. The number of likely N-dealkylation sites (tertiary alicyclic amines) is 1. The van der Waals surface area contributed by atoms with Gasteiger partial charge in [0.25, 0.3) is 5.91 Å². The number of hydrogen-bond donors (Lipinski definition) is 0. The topological polar surface area (TPSA) is 64.5 Å². The molecule has 0 aliphatic carbocycles. The zero-order chi connectivity index (χ0) is 20.3. The van der Waals surface area contributed by atoms with Crippen molar-refractivity contribution in [1.29, 1.82) is 0 Å².